The number of nitrogens with zero attached hydrogens (tertiary/aromatic N) is 1. The highest BCUT2D eigenvalue weighted by Crippen LogP contribution is 2.18. The van der Waals surface area contributed by atoms with E-state index in [-0.39, 0.29) is 5.82 Å². The zero-order chi connectivity index (χ0) is 14.2. The lowest BCUT2D eigenvalue weighted by atomic mass is 10.1. The zero-order valence-electron chi connectivity index (χ0n) is 11.3. The lowest BCUT2D eigenvalue weighted by Gasteiger charge is -2.09. The maximum absolute atomic E-state index is 13.8. The van der Waals surface area contributed by atoms with E-state index in [1.807, 2.05) is 31.5 Å². The van der Waals surface area contributed by atoms with E-state index in [4.69, 9.17) is 5.73 Å². The molecule has 0 aliphatic rings. The molecule has 2 aromatic rings. The van der Waals surface area contributed by atoms with Gasteiger partial charge in [0.15, 0.2) is 0 Å². The molecule has 0 unspecified atom stereocenters. The molecule has 0 aliphatic carbocycles. The molecule has 0 bridgehead atoms. The number of carbonyl (C=O) groups excluding carboxylic acids is 1. The van der Waals surface area contributed by atoms with Crippen molar-refractivity contribution in [2.45, 2.75) is 27.3 Å². The average Bonchev–Trinajstić information content (AvgIpc) is 2.59. The van der Waals surface area contributed by atoms with Crippen molar-refractivity contribution < 1.29 is 9.18 Å². The minimum Gasteiger partial charge on any atom is -0.366 e. The van der Waals surface area contributed by atoms with Crippen LogP contribution in [0, 0.1) is 26.6 Å². The van der Waals surface area contributed by atoms with Crippen molar-refractivity contribution in [1.82, 2.24) is 4.57 Å². The first-order valence-corrected chi connectivity index (χ1v) is 6.11. The number of benzene rings is 1. The van der Waals surface area contributed by atoms with Crippen LogP contribution in [-0.4, -0.2) is 10.5 Å². The number of halogens is 1. The summed E-state index contributed by atoms with van der Waals surface area (Å²) in [4.78, 5) is 11.1. The largest absolute Gasteiger partial charge is 0.366 e. The first-order chi connectivity index (χ1) is 8.90. The van der Waals surface area contributed by atoms with Crippen LogP contribution < -0.4 is 5.73 Å². The SMILES string of the molecule is Cc1cn(Cc2cc(C(N)=O)ccc2F)c(C)c1C. The maximum atomic E-state index is 13.8. The normalized spacial score (nSPS) is 10.7. The summed E-state index contributed by atoms with van der Waals surface area (Å²) in [6.45, 7) is 6.46. The smallest absolute Gasteiger partial charge is 0.248 e. The number of rotatable bonds is 3. The first-order valence-electron chi connectivity index (χ1n) is 6.11. The summed E-state index contributed by atoms with van der Waals surface area (Å²) in [7, 11) is 0. The molecule has 1 aromatic carbocycles. The van der Waals surface area contributed by atoms with Crippen molar-refractivity contribution in [3.05, 3.63) is 58.2 Å². The predicted octanol–water partition coefficient (Wildman–Crippen LogP) is 2.70. The second kappa shape index (κ2) is 4.88. The molecule has 3 nitrogen and oxygen atoms in total. The molecule has 2 N–H and O–H groups in total. The van der Waals surface area contributed by atoms with Crippen LogP contribution in [0.1, 0.15) is 32.7 Å². The van der Waals surface area contributed by atoms with Gasteiger partial charge >= 0.3 is 0 Å². The highest BCUT2D eigenvalue weighted by Gasteiger charge is 2.10. The highest BCUT2D eigenvalue weighted by molar-refractivity contribution is 5.92. The van der Waals surface area contributed by atoms with Gasteiger partial charge in [0.25, 0.3) is 0 Å². The van der Waals surface area contributed by atoms with Gasteiger partial charge in [-0.05, 0) is 50.1 Å². The van der Waals surface area contributed by atoms with Gasteiger partial charge in [-0.1, -0.05) is 0 Å². The van der Waals surface area contributed by atoms with Crippen LogP contribution in [0.5, 0.6) is 0 Å². The van der Waals surface area contributed by atoms with Gasteiger partial charge < -0.3 is 10.3 Å². The van der Waals surface area contributed by atoms with E-state index in [9.17, 15) is 9.18 Å². The molecule has 0 atom stereocenters. The molecule has 0 fully saturated rings. The molecule has 0 spiro atoms. The number of hydrogen-bond acceptors (Lipinski definition) is 1. The van der Waals surface area contributed by atoms with Crippen LogP contribution in [0.15, 0.2) is 24.4 Å². The molecule has 0 saturated heterocycles. The minimum atomic E-state index is -0.544. The van der Waals surface area contributed by atoms with Crippen molar-refractivity contribution >= 4 is 5.91 Å². The standard InChI is InChI=1S/C15H17FN2O/c1-9-7-18(11(3)10(9)2)8-13-6-12(15(17)19)4-5-14(13)16/h4-7H,8H2,1-3H3,(H2,17,19). The summed E-state index contributed by atoms with van der Waals surface area (Å²) >= 11 is 0. The van der Waals surface area contributed by atoms with Gasteiger partial charge in [0.2, 0.25) is 5.91 Å². The van der Waals surface area contributed by atoms with E-state index in [1.165, 1.54) is 29.3 Å². The van der Waals surface area contributed by atoms with E-state index < -0.39 is 5.91 Å². The molecule has 1 aromatic heterocycles. The second-order valence-corrected chi connectivity index (χ2v) is 4.82. The molecule has 1 heterocycles. The van der Waals surface area contributed by atoms with Gasteiger partial charge in [-0.25, -0.2) is 4.39 Å². The van der Waals surface area contributed by atoms with Gasteiger partial charge in [-0.15, -0.1) is 0 Å². The van der Waals surface area contributed by atoms with Crippen molar-refractivity contribution in [2.24, 2.45) is 5.73 Å². The van der Waals surface area contributed by atoms with Gasteiger partial charge in [-0.3, -0.25) is 4.79 Å². The number of hydrogen-bond donors (Lipinski definition) is 1. The second-order valence-electron chi connectivity index (χ2n) is 4.82. The Morgan fingerprint density at radius 3 is 2.53 bits per heavy atom. The number of aromatic nitrogens is 1. The van der Waals surface area contributed by atoms with Crippen LogP contribution in [0.2, 0.25) is 0 Å². The topological polar surface area (TPSA) is 48.0 Å². The number of amides is 1. The first kappa shape index (κ1) is 13.3. The van der Waals surface area contributed by atoms with Crippen LogP contribution >= 0.6 is 0 Å². The molecule has 19 heavy (non-hydrogen) atoms. The average molecular weight is 260 g/mol. The fourth-order valence-corrected chi connectivity index (χ4v) is 2.13. The van der Waals surface area contributed by atoms with Gasteiger partial charge in [0.1, 0.15) is 5.82 Å². The van der Waals surface area contributed by atoms with E-state index in [0.717, 1.165) is 5.69 Å². The maximum Gasteiger partial charge on any atom is 0.248 e. The van der Waals surface area contributed by atoms with Crippen LogP contribution in [0.25, 0.3) is 0 Å². The number of carbonyl (C=O) groups is 1. The summed E-state index contributed by atoms with van der Waals surface area (Å²) in [5.41, 5.74) is 9.48. The zero-order valence-corrected chi connectivity index (χ0v) is 11.3. The number of primary amides is 1. The Labute approximate surface area is 111 Å². The highest BCUT2D eigenvalue weighted by atomic mass is 19.1. The quantitative estimate of drug-likeness (QED) is 0.906. The molecule has 2 rings (SSSR count). The molecule has 0 saturated carbocycles. The van der Waals surface area contributed by atoms with Crippen molar-refractivity contribution in [3.8, 4) is 0 Å². The van der Waals surface area contributed by atoms with E-state index in [2.05, 4.69) is 0 Å². The number of aryl methyl sites for hydroxylation is 1. The molecule has 0 radical (unpaired) electrons. The Kier molecular flexibility index (Phi) is 3.42. The minimum absolute atomic E-state index is 0.326. The summed E-state index contributed by atoms with van der Waals surface area (Å²) in [6, 6.07) is 4.20. The molecule has 100 valence electrons. The molecular formula is C15H17FN2O. The van der Waals surface area contributed by atoms with E-state index >= 15 is 0 Å². The lowest BCUT2D eigenvalue weighted by Crippen LogP contribution is -2.12. The molecule has 4 heteroatoms. The Morgan fingerprint density at radius 1 is 1.32 bits per heavy atom. The fourth-order valence-electron chi connectivity index (χ4n) is 2.13. The third kappa shape index (κ3) is 2.52. The summed E-state index contributed by atoms with van der Waals surface area (Å²) in [6.07, 6.45) is 1.99. The van der Waals surface area contributed by atoms with Crippen LogP contribution in [-0.2, 0) is 6.54 Å². The Morgan fingerprint density at radius 2 is 2.00 bits per heavy atom. The summed E-state index contributed by atoms with van der Waals surface area (Å²) in [5.74, 6) is -0.869. The molecule has 0 aliphatic heterocycles. The lowest BCUT2D eigenvalue weighted by molar-refractivity contribution is 0.1000. The van der Waals surface area contributed by atoms with Crippen LogP contribution in [0.4, 0.5) is 4.39 Å². The fraction of sp³-hybridized carbons (Fsp3) is 0.267. The Bertz CT molecular complexity index is 644. The summed E-state index contributed by atoms with van der Waals surface area (Å²) in [5, 5.41) is 0. The van der Waals surface area contributed by atoms with Crippen LogP contribution in [0.3, 0.4) is 0 Å². The number of nitrogens with two attached hydrogens (primary N) is 1. The molecule has 1 amide bonds. The monoisotopic (exact) mass is 260 g/mol. The van der Waals surface area contributed by atoms with Crippen molar-refractivity contribution in [3.63, 3.8) is 0 Å². The van der Waals surface area contributed by atoms with Gasteiger partial charge in [-0.2, -0.15) is 0 Å². The van der Waals surface area contributed by atoms with E-state index in [1.54, 1.807) is 0 Å². The Hall–Kier alpha value is -2.10. The Balaban J connectivity index is 2.40. The summed E-state index contributed by atoms with van der Waals surface area (Å²) < 4.78 is 15.8. The predicted molar refractivity (Wildman–Crippen MR) is 72.7 cm³/mol. The molecular weight excluding hydrogens is 243 g/mol. The van der Waals surface area contributed by atoms with E-state index in [0.29, 0.717) is 17.7 Å². The van der Waals surface area contributed by atoms with Crippen molar-refractivity contribution in [1.29, 1.82) is 0 Å². The van der Waals surface area contributed by atoms with Gasteiger partial charge in [0, 0.05) is 23.0 Å². The van der Waals surface area contributed by atoms with Gasteiger partial charge in [0.05, 0.1) is 6.54 Å². The third-order valence-corrected chi connectivity index (χ3v) is 3.59. The van der Waals surface area contributed by atoms with Crippen molar-refractivity contribution in [2.75, 3.05) is 0 Å². The third-order valence-electron chi connectivity index (χ3n) is 3.59.